The first-order valence-corrected chi connectivity index (χ1v) is 12.1. The van der Waals surface area contributed by atoms with E-state index in [0.29, 0.717) is 22.8 Å². The molecule has 5 rings (SSSR count). The zero-order valence-electron chi connectivity index (χ0n) is 16.7. The summed E-state index contributed by atoms with van der Waals surface area (Å²) in [6, 6.07) is 20.0. The first-order chi connectivity index (χ1) is 15.1. The lowest BCUT2D eigenvalue weighted by Gasteiger charge is -2.15. The van der Waals surface area contributed by atoms with Gasteiger partial charge in [-0.25, -0.2) is 0 Å². The third-order valence-electron chi connectivity index (χ3n) is 5.32. The predicted octanol–water partition coefficient (Wildman–Crippen LogP) is 5.86. The molecular formula is C23H19ClN4OS2. The van der Waals surface area contributed by atoms with Gasteiger partial charge in [-0.15, -0.1) is 21.5 Å². The number of halogens is 1. The maximum Gasteiger partial charge on any atom is 0.272 e. The van der Waals surface area contributed by atoms with Gasteiger partial charge in [0, 0.05) is 17.3 Å². The van der Waals surface area contributed by atoms with Crippen LogP contribution in [0.4, 0.5) is 0 Å². The lowest BCUT2D eigenvalue weighted by Crippen LogP contribution is -2.24. The highest BCUT2D eigenvalue weighted by atomic mass is 35.5. The van der Waals surface area contributed by atoms with Crippen LogP contribution in [0, 0.1) is 0 Å². The van der Waals surface area contributed by atoms with Crippen molar-refractivity contribution < 1.29 is 0 Å². The summed E-state index contributed by atoms with van der Waals surface area (Å²) in [6.45, 7) is 2.66. The average molecular weight is 467 g/mol. The summed E-state index contributed by atoms with van der Waals surface area (Å²) in [7, 11) is 0. The van der Waals surface area contributed by atoms with E-state index in [1.807, 2.05) is 58.3 Å². The van der Waals surface area contributed by atoms with Gasteiger partial charge in [0.05, 0.1) is 5.52 Å². The van der Waals surface area contributed by atoms with E-state index in [2.05, 4.69) is 29.3 Å². The van der Waals surface area contributed by atoms with E-state index in [4.69, 9.17) is 11.6 Å². The molecule has 0 aliphatic heterocycles. The van der Waals surface area contributed by atoms with E-state index < -0.39 is 0 Å². The lowest BCUT2D eigenvalue weighted by atomic mass is 10.0. The molecule has 156 valence electrons. The van der Waals surface area contributed by atoms with E-state index in [1.165, 1.54) is 16.9 Å². The van der Waals surface area contributed by atoms with Gasteiger partial charge < -0.3 is 0 Å². The molecule has 5 nitrogen and oxygen atoms in total. The Kier molecular flexibility index (Phi) is 5.56. The topological polar surface area (TPSA) is 52.2 Å². The SMILES string of the molecule is C[C@@H](Cn1c(=O)c2sccc2n2c(SCc3ccccc3Cl)nnc12)c1ccccc1. The summed E-state index contributed by atoms with van der Waals surface area (Å²) in [4.78, 5) is 13.3. The van der Waals surface area contributed by atoms with E-state index in [1.54, 1.807) is 16.3 Å². The molecule has 3 heterocycles. The van der Waals surface area contributed by atoms with Crippen LogP contribution in [0.25, 0.3) is 16.0 Å². The lowest BCUT2D eigenvalue weighted by molar-refractivity contribution is 0.588. The molecule has 8 heteroatoms. The highest BCUT2D eigenvalue weighted by Gasteiger charge is 2.19. The number of hydrogen-bond donors (Lipinski definition) is 0. The van der Waals surface area contributed by atoms with Crippen LogP contribution in [-0.2, 0) is 12.3 Å². The van der Waals surface area contributed by atoms with Gasteiger partial charge in [0.25, 0.3) is 5.56 Å². The number of rotatable bonds is 6. The average Bonchev–Trinajstić information content (AvgIpc) is 3.44. The smallest absolute Gasteiger partial charge is 0.272 e. The van der Waals surface area contributed by atoms with Crippen molar-refractivity contribution in [2.24, 2.45) is 0 Å². The second kappa shape index (κ2) is 8.49. The van der Waals surface area contributed by atoms with E-state index in [-0.39, 0.29) is 11.5 Å². The fourth-order valence-corrected chi connectivity index (χ4v) is 5.73. The maximum atomic E-state index is 13.3. The van der Waals surface area contributed by atoms with Crippen LogP contribution in [0.2, 0.25) is 5.02 Å². The molecule has 0 radical (unpaired) electrons. The van der Waals surface area contributed by atoms with Crippen molar-refractivity contribution >= 4 is 50.7 Å². The van der Waals surface area contributed by atoms with Crippen LogP contribution < -0.4 is 5.56 Å². The minimum Gasteiger partial charge on any atom is -0.275 e. The van der Waals surface area contributed by atoms with Crippen molar-refractivity contribution in [3.05, 3.63) is 92.5 Å². The third-order valence-corrected chi connectivity index (χ3v) is 7.56. The highest BCUT2D eigenvalue weighted by Crippen LogP contribution is 2.29. The Labute approximate surface area is 192 Å². The summed E-state index contributed by atoms with van der Waals surface area (Å²) in [5.74, 6) is 1.41. The number of aromatic nitrogens is 4. The van der Waals surface area contributed by atoms with Gasteiger partial charge in [-0.2, -0.15) is 0 Å². The molecule has 0 bridgehead atoms. The number of nitrogens with zero attached hydrogens (tertiary/aromatic N) is 4. The molecule has 2 aromatic carbocycles. The van der Waals surface area contributed by atoms with Crippen molar-refractivity contribution in [3.8, 4) is 0 Å². The molecule has 5 aromatic rings. The largest absolute Gasteiger partial charge is 0.275 e. The van der Waals surface area contributed by atoms with Gasteiger partial charge >= 0.3 is 0 Å². The predicted molar refractivity (Wildman–Crippen MR) is 128 cm³/mol. The Morgan fingerprint density at radius 3 is 2.65 bits per heavy atom. The molecule has 0 unspecified atom stereocenters. The first-order valence-electron chi connectivity index (χ1n) is 9.90. The number of fused-ring (bicyclic) bond motifs is 3. The monoisotopic (exact) mass is 466 g/mol. The van der Waals surface area contributed by atoms with Crippen LogP contribution in [0.3, 0.4) is 0 Å². The number of benzene rings is 2. The van der Waals surface area contributed by atoms with Crippen molar-refractivity contribution in [3.63, 3.8) is 0 Å². The standard InChI is InChI=1S/C23H19ClN4OS2/c1-15(16-7-3-2-4-8-16)13-27-21(29)20-19(11-12-30-20)28-22(27)25-26-23(28)31-14-17-9-5-6-10-18(17)24/h2-12,15H,13-14H2,1H3/t15-/m0/s1. The van der Waals surface area contributed by atoms with Gasteiger partial charge in [-0.1, -0.05) is 78.8 Å². The Balaban J connectivity index is 1.57. The van der Waals surface area contributed by atoms with E-state index in [9.17, 15) is 4.79 Å². The van der Waals surface area contributed by atoms with Gasteiger partial charge in [0.15, 0.2) is 5.16 Å². The number of thiophene rings is 1. The first kappa shape index (κ1) is 20.3. The van der Waals surface area contributed by atoms with Crippen LogP contribution in [0.5, 0.6) is 0 Å². The van der Waals surface area contributed by atoms with Gasteiger partial charge in [0.1, 0.15) is 4.70 Å². The number of hydrogen-bond acceptors (Lipinski definition) is 5. The molecule has 0 N–H and O–H groups in total. The molecule has 0 aliphatic rings. The molecular weight excluding hydrogens is 448 g/mol. The van der Waals surface area contributed by atoms with Crippen molar-refractivity contribution in [2.45, 2.75) is 30.3 Å². The summed E-state index contributed by atoms with van der Waals surface area (Å²) in [5, 5.41) is 12.3. The van der Waals surface area contributed by atoms with Gasteiger partial charge in [-0.05, 0) is 34.6 Å². The van der Waals surface area contributed by atoms with E-state index in [0.717, 1.165) is 21.3 Å². The third kappa shape index (κ3) is 3.78. The fraction of sp³-hybridized carbons (Fsp3) is 0.174. The Morgan fingerprint density at radius 1 is 1.06 bits per heavy atom. The van der Waals surface area contributed by atoms with Crippen molar-refractivity contribution in [1.82, 2.24) is 19.2 Å². The number of thioether (sulfide) groups is 1. The molecule has 0 amide bonds. The summed E-state index contributed by atoms with van der Waals surface area (Å²) < 4.78 is 4.46. The highest BCUT2D eigenvalue weighted by molar-refractivity contribution is 7.98. The second-order valence-electron chi connectivity index (χ2n) is 7.36. The molecule has 0 fully saturated rings. The van der Waals surface area contributed by atoms with Crippen molar-refractivity contribution in [1.29, 1.82) is 0 Å². The summed E-state index contributed by atoms with van der Waals surface area (Å²) in [6.07, 6.45) is 0. The van der Waals surface area contributed by atoms with Gasteiger partial charge in [0.2, 0.25) is 5.78 Å². The molecule has 0 saturated heterocycles. The zero-order valence-corrected chi connectivity index (χ0v) is 19.1. The Bertz CT molecular complexity index is 1420. The van der Waals surface area contributed by atoms with Crippen LogP contribution in [-0.4, -0.2) is 19.2 Å². The Hall–Kier alpha value is -2.61. The second-order valence-corrected chi connectivity index (χ2v) is 9.63. The molecule has 0 spiro atoms. The van der Waals surface area contributed by atoms with Crippen LogP contribution in [0.15, 0.2) is 76.0 Å². The van der Waals surface area contributed by atoms with Crippen LogP contribution >= 0.6 is 34.7 Å². The normalized spacial score (nSPS) is 12.6. The molecule has 0 aliphatic carbocycles. The van der Waals surface area contributed by atoms with E-state index >= 15 is 0 Å². The molecule has 0 saturated carbocycles. The maximum absolute atomic E-state index is 13.3. The molecule has 31 heavy (non-hydrogen) atoms. The van der Waals surface area contributed by atoms with Gasteiger partial charge in [-0.3, -0.25) is 13.8 Å². The van der Waals surface area contributed by atoms with Crippen molar-refractivity contribution in [2.75, 3.05) is 0 Å². The minimum absolute atomic E-state index is 0.0182. The molecule has 3 aromatic heterocycles. The Morgan fingerprint density at radius 2 is 1.84 bits per heavy atom. The summed E-state index contributed by atoms with van der Waals surface area (Å²) >= 11 is 9.34. The summed E-state index contributed by atoms with van der Waals surface area (Å²) in [5.41, 5.74) is 3.06. The quantitative estimate of drug-likeness (QED) is 0.294. The fourth-order valence-electron chi connectivity index (χ4n) is 3.68. The molecule has 1 atom stereocenters. The minimum atomic E-state index is -0.0182. The van der Waals surface area contributed by atoms with Crippen LogP contribution in [0.1, 0.15) is 24.0 Å². The zero-order chi connectivity index (χ0) is 21.4.